The van der Waals surface area contributed by atoms with Crippen molar-refractivity contribution in [2.75, 3.05) is 19.6 Å². The standard InChI is InChI=1S/C16H24N2O2/c1-12-3-4-15(11-13(12)2)20-14-6-9-18(10-7-14)16(19)5-8-17/h3-4,11,14H,5-10,17H2,1-2H3. The summed E-state index contributed by atoms with van der Waals surface area (Å²) in [4.78, 5) is 13.6. The van der Waals surface area contributed by atoms with Crippen molar-refractivity contribution in [3.8, 4) is 5.75 Å². The maximum Gasteiger partial charge on any atom is 0.223 e. The number of aryl methyl sites for hydroxylation is 2. The van der Waals surface area contributed by atoms with Gasteiger partial charge in [0.1, 0.15) is 11.9 Å². The van der Waals surface area contributed by atoms with Crippen molar-refractivity contribution in [2.24, 2.45) is 5.73 Å². The van der Waals surface area contributed by atoms with Crippen LogP contribution < -0.4 is 10.5 Å². The lowest BCUT2D eigenvalue weighted by Gasteiger charge is -2.32. The van der Waals surface area contributed by atoms with Crippen LogP contribution in [0.4, 0.5) is 0 Å². The molecular weight excluding hydrogens is 252 g/mol. The van der Waals surface area contributed by atoms with Crippen molar-refractivity contribution >= 4 is 5.91 Å². The van der Waals surface area contributed by atoms with E-state index in [1.165, 1.54) is 11.1 Å². The maximum atomic E-state index is 11.8. The van der Waals surface area contributed by atoms with Gasteiger partial charge in [0.15, 0.2) is 0 Å². The number of carbonyl (C=O) groups excluding carboxylic acids is 1. The zero-order valence-corrected chi connectivity index (χ0v) is 12.4. The Morgan fingerprint density at radius 3 is 2.60 bits per heavy atom. The summed E-state index contributed by atoms with van der Waals surface area (Å²) < 4.78 is 6.02. The molecule has 1 saturated heterocycles. The van der Waals surface area contributed by atoms with Crippen LogP contribution in [0.2, 0.25) is 0 Å². The highest BCUT2D eigenvalue weighted by molar-refractivity contribution is 5.76. The summed E-state index contributed by atoms with van der Waals surface area (Å²) in [6.07, 6.45) is 2.44. The van der Waals surface area contributed by atoms with Gasteiger partial charge >= 0.3 is 0 Å². The van der Waals surface area contributed by atoms with Crippen LogP contribution in [0.3, 0.4) is 0 Å². The van der Waals surface area contributed by atoms with Gasteiger partial charge in [-0.3, -0.25) is 4.79 Å². The zero-order valence-electron chi connectivity index (χ0n) is 12.4. The molecule has 0 radical (unpaired) electrons. The highest BCUT2D eigenvalue weighted by Crippen LogP contribution is 2.21. The van der Waals surface area contributed by atoms with E-state index in [4.69, 9.17) is 10.5 Å². The van der Waals surface area contributed by atoms with Gasteiger partial charge in [-0.2, -0.15) is 0 Å². The first-order valence-corrected chi connectivity index (χ1v) is 7.32. The lowest BCUT2D eigenvalue weighted by molar-refractivity contribution is -0.132. The number of hydrogen-bond acceptors (Lipinski definition) is 3. The number of nitrogens with two attached hydrogens (primary N) is 1. The second-order valence-electron chi connectivity index (χ2n) is 5.48. The number of carbonyl (C=O) groups is 1. The van der Waals surface area contributed by atoms with Gasteiger partial charge in [-0.1, -0.05) is 6.07 Å². The van der Waals surface area contributed by atoms with Gasteiger partial charge < -0.3 is 15.4 Å². The predicted molar refractivity (Wildman–Crippen MR) is 79.8 cm³/mol. The summed E-state index contributed by atoms with van der Waals surface area (Å²) in [5.74, 6) is 1.09. The van der Waals surface area contributed by atoms with Gasteiger partial charge in [0.25, 0.3) is 0 Å². The molecule has 20 heavy (non-hydrogen) atoms. The first kappa shape index (κ1) is 14.9. The largest absolute Gasteiger partial charge is 0.490 e. The van der Waals surface area contributed by atoms with Crippen LogP contribution in [-0.2, 0) is 4.79 Å². The maximum absolute atomic E-state index is 11.8. The number of rotatable bonds is 4. The molecule has 0 bridgehead atoms. The second kappa shape index (κ2) is 6.75. The third-order valence-corrected chi connectivity index (χ3v) is 3.93. The van der Waals surface area contributed by atoms with Crippen molar-refractivity contribution in [1.82, 2.24) is 4.90 Å². The number of piperidine rings is 1. The minimum absolute atomic E-state index is 0.164. The molecule has 0 atom stereocenters. The van der Waals surface area contributed by atoms with E-state index in [2.05, 4.69) is 26.0 Å². The van der Waals surface area contributed by atoms with Crippen molar-refractivity contribution < 1.29 is 9.53 Å². The summed E-state index contributed by atoms with van der Waals surface area (Å²) in [7, 11) is 0. The molecule has 1 amide bonds. The summed E-state index contributed by atoms with van der Waals surface area (Å²) in [6, 6.07) is 6.19. The van der Waals surface area contributed by atoms with Crippen LogP contribution in [0.1, 0.15) is 30.4 Å². The minimum Gasteiger partial charge on any atom is -0.490 e. The van der Waals surface area contributed by atoms with E-state index in [0.717, 1.165) is 31.7 Å². The number of nitrogens with zero attached hydrogens (tertiary/aromatic N) is 1. The van der Waals surface area contributed by atoms with Gasteiger partial charge in [-0.15, -0.1) is 0 Å². The number of likely N-dealkylation sites (tertiary alicyclic amines) is 1. The van der Waals surface area contributed by atoms with Gasteiger partial charge in [-0.05, 0) is 37.1 Å². The molecular formula is C16H24N2O2. The van der Waals surface area contributed by atoms with E-state index in [-0.39, 0.29) is 12.0 Å². The van der Waals surface area contributed by atoms with E-state index in [1.807, 2.05) is 11.0 Å². The number of ether oxygens (including phenoxy) is 1. The Morgan fingerprint density at radius 2 is 2.00 bits per heavy atom. The SMILES string of the molecule is Cc1ccc(OC2CCN(C(=O)CCN)CC2)cc1C. The summed E-state index contributed by atoms with van der Waals surface area (Å²) in [6.45, 7) is 6.16. The van der Waals surface area contributed by atoms with Crippen LogP contribution >= 0.6 is 0 Å². The van der Waals surface area contributed by atoms with Crippen molar-refractivity contribution in [3.63, 3.8) is 0 Å². The number of hydrogen-bond donors (Lipinski definition) is 1. The summed E-state index contributed by atoms with van der Waals surface area (Å²) in [5, 5.41) is 0. The zero-order chi connectivity index (χ0) is 14.5. The fourth-order valence-corrected chi connectivity index (χ4v) is 2.48. The number of amides is 1. The summed E-state index contributed by atoms with van der Waals surface area (Å²) in [5.41, 5.74) is 7.95. The molecule has 1 aliphatic rings. The van der Waals surface area contributed by atoms with Gasteiger partial charge in [0.05, 0.1) is 0 Å². The molecule has 2 rings (SSSR count). The molecule has 0 aromatic heterocycles. The molecule has 4 heteroatoms. The molecule has 1 aromatic rings. The molecule has 0 saturated carbocycles. The smallest absolute Gasteiger partial charge is 0.223 e. The first-order valence-electron chi connectivity index (χ1n) is 7.32. The molecule has 1 heterocycles. The van der Waals surface area contributed by atoms with E-state index in [0.29, 0.717) is 13.0 Å². The fraction of sp³-hybridized carbons (Fsp3) is 0.562. The minimum atomic E-state index is 0.164. The van der Waals surface area contributed by atoms with Crippen LogP contribution in [0.15, 0.2) is 18.2 Å². The molecule has 1 aliphatic heterocycles. The molecule has 0 spiro atoms. The van der Waals surface area contributed by atoms with E-state index in [9.17, 15) is 4.79 Å². The third-order valence-electron chi connectivity index (χ3n) is 3.93. The average Bonchev–Trinajstić information content (AvgIpc) is 2.44. The third kappa shape index (κ3) is 3.73. The highest BCUT2D eigenvalue weighted by atomic mass is 16.5. The molecule has 2 N–H and O–H groups in total. The lowest BCUT2D eigenvalue weighted by atomic mass is 10.1. The van der Waals surface area contributed by atoms with Gasteiger partial charge in [-0.25, -0.2) is 0 Å². The lowest BCUT2D eigenvalue weighted by Crippen LogP contribution is -2.42. The Morgan fingerprint density at radius 1 is 1.30 bits per heavy atom. The second-order valence-corrected chi connectivity index (χ2v) is 5.48. The van der Waals surface area contributed by atoms with E-state index in [1.54, 1.807) is 0 Å². The molecule has 110 valence electrons. The Bertz CT molecular complexity index is 466. The Labute approximate surface area is 120 Å². The monoisotopic (exact) mass is 276 g/mol. The van der Waals surface area contributed by atoms with Crippen molar-refractivity contribution in [2.45, 2.75) is 39.2 Å². The van der Waals surface area contributed by atoms with E-state index < -0.39 is 0 Å². The van der Waals surface area contributed by atoms with Gasteiger partial charge in [0.2, 0.25) is 5.91 Å². The Balaban J connectivity index is 1.85. The first-order chi connectivity index (χ1) is 9.60. The molecule has 0 aliphatic carbocycles. The van der Waals surface area contributed by atoms with Crippen molar-refractivity contribution in [3.05, 3.63) is 29.3 Å². The quantitative estimate of drug-likeness (QED) is 0.915. The average molecular weight is 276 g/mol. The Hall–Kier alpha value is -1.55. The summed E-state index contributed by atoms with van der Waals surface area (Å²) >= 11 is 0. The van der Waals surface area contributed by atoms with Crippen molar-refractivity contribution in [1.29, 1.82) is 0 Å². The molecule has 1 fully saturated rings. The normalized spacial score (nSPS) is 16.2. The van der Waals surface area contributed by atoms with Crippen LogP contribution in [-0.4, -0.2) is 36.5 Å². The Kier molecular flexibility index (Phi) is 5.01. The molecule has 0 unspecified atom stereocenters. The predicted octanol–water partition coefficient (Wildman–Crippen LogP) is 2.02. The van der Waals surface area contributed by atoms with E-state index >= 15 is 0 Å². The number of benzene rings is 1. The highest BCUT2D eigenvalue weighted by Gasteiger charge is 2.23. The molecule has 4 nitrogen and oxygen atoms in total. The topological polar surface area (TPSA) is 55.6 Å². The van der Waals surface area contributed by atoms with Gasteiger partial charge in [0, 0.05) is 38.9 Å². The molecule has 1 aromatic carbocycles. The van der Waals surface area contributed by atoms with Crippen LogP contribution in [0.25, 0.3) is 0 Å². The fourth-order valence-electron chi connectivity index (χ4n) is 2.48. The van der Waals surface area contributed by atoms with Crippen LogP contribution in [0, 0.1) is 13.8 Å². The van der Waals surface area contributed by atoms with Crippen LogP contribution in [0.5, 0.6) is 5.75 Å².